The Hall–Kier alpha value is -1.94. The quantitative estimate of drug-likeness (QED) is 0.868. The third-order valence-electron chi connectivity index (χ3n) is 3.51. The molecule has 1 unspecified atom stereocenters. The zero-order valence-electron chi connectivity index (χ0n) is 12.8. The van der Waals surface area contributed by atoms with E-state index in [1.54, 1.807) is 6.07 Å². The average Bonchev–Trinajstić information content (AvgIpc) is 2.52. The number of anilines is 2. The van der Waals surface area contributed by atoms with Gasteiger partial charge in [0.2, 0.25) is 0 Å². The molecule has 4 heteroatoms. The lowest BCUT2D eigenvalue weighted by molar-refractivity contribution is 0.569. The fraction of sp³-hybridized carbons (Fsp3) is 0.353. The van der Waals surface area contributed by atoms with Crippen LogP contribution in [-0.2, 0) is 0 Å². The van der Waals surface area contributed by atoms with Crippen molar-refractivity contribution in [2.45, 2.75) is 26.3 Å². The maximum Gasteiger partial charge on any atom is 0.132 e. The Bertz CT molecular complexity index is 569. The van der Waals surface area contributed by atoms with Crippen molar-refractivity contribution in [2.24, 2.45) is 0 Å². The van der Waals surface area contributed by atoms with Crippen LogP contribution in [0.3, 0.4) is 0 Å². The van der Waals surface area contributed by atoms with Gasteiger partial charge in [-0.15, -0.1) is 0 Å². The van der Waals surface area contributed by atoms with Crippen LogP contribution >= 0.6 is 0 Å². The Kier molecular flexibility index (Phi) is 5.28. The Labute approximate surface area is 125 Å². The predicted octanol–water partition coefficient (Wildman–Crippen LogP) is 4.05. The summed E-state index contributed by atoms with van der Waals surface area (Å²) in [7, 11) is 1.88. The first kappa shape index (κ1) is 15.4. The number of halogens is 1. The molecule has 0 radical (unpaired) electrons. The molecule has 1 N–H and O–H groups in total. The van der Waals surface area contributed by atoms with Gasteiger partial charge in [0.1, 0.15) is 11.6 Å². The van der Waals surface area contributed by atoms with E-state index in [9.17, 15) is 4.39 Å². The van der Waals surface area contributed by atoms with Gasteiger partial charge in [0, 0.05) is 25.0 Å². The van der Waals surface area contributed by atoms with Crippen molar-refractivity contribution < 1.29 is 4.39 Å². The first-order valence-corrected chi connectivity index (χ1v) is 7.30. The summed E-state index contributed by atoms with van der Waals surface area (Å²) in [6.07, 6.45) is 2.98. The van der Waals surface area contributed by atoms with Crippen molar-refractivity contribution in [1.29, 1.82) is 0 Å². The number of nitrogens with zero attached hydrogens (tertiary/aromatic N) is 2. The van der Waals surface area contributed by atoms with Gasteiger partial charge in [-0.05, 0) is 49.7 Å². The minimum absolute atomic E-state index is 0.242. The van der Waals surface area contributed by atoms with Gasteiger partial charge in [0.15, 0.2) is 0 Å². The molecule has 1 aromatic carbocycles. The number of rotatable bonds is 6. The van der Waals surface area contributed by atoms with E-state index in [0.717, 1.165) is 30.0 Å². The lowest BCUT2D eigenvalue weighted by atomic mass is 10.1. The maximum atomic E-state index is 13.3. The molecule has 1 atom stereocenters. The highest BCUT2D eigenvalue weighted by Crippen LogP contribution is 2.23. The number of nitrogens with one attached hydrogen (secondary N) is 1. The minimum Gasteiger partial charge on any atom is -0.329 e. The van der Waals surface area contributed by atoms with Crippen molar-refractivity contribution in [2.75, 3.05) is 18.5 Å². The second-order valence-corrected chi connectivity index (χ2v) is 5.16. The van der Waals surface area contributed by atoms with E-state index in [2.05, 4.69) is 30.2 Å². The summed E-state index contributed by atoms with van der Waals surface area (Å²) in [4.78, 5) is 6.35. The molecule has 1 heterocycles. The molecular formula is C17H22FN3. The van der Waals surface area contributed by atoms with Crippen LogP contribution in [0.15, 0.2) is 42.6 Å². The van der Waals surface area contributed by atoms with Gasteiger partial charge in [-0.1, -0.05) is 19.1 Å². The van der Waals surface area contributed by atoms with E-state index >= 15 is 0 Å². The standard InChI is InChI=1S/C17H22FN3/c1-4-10-19-13(2)14-8-9-17(20-12-14)21(3)16-7-5-6-15(18)11-16/h5-9,11-13,19H,4,10H2,1-3H3. The molecule has 2 aromatic rings. The van der Waals surface area contributed by atoms with Crippen molar-refractivity contribution in [1.82, 2.24) is 10.3 Å². The summed E-state index contributed by atoms with van der Waals surface area (Å²) in [5.41, 5.74) is 1.94. The van der Waals surface area contributed by atoms with Gasteiger partial charge in [-0.2, -0.15) is 0 Å². The average molecular weight is 287 g/mol. The third-order valence-corrected chi connectivity index (χ3v) is 3.51. The Morgan fingerprint density at radius 2 is 2.10 bits per heavy atom. The van der Waals surface area contributed by atoms with Crippen molar-refractivity contribution in [3.05, 3.63) is 54.0 Å². The fourth-order valence-electron chi connectivity index (χ4n) is 2.15. The highest BCUT2D eigenvalue weighted by atomic mass is 19.1. The molecule has 21 heavy (non-hydrogen) atoms. The van der Waals surface area contributed by atoms with Gasteiger partial charge < -0.3 is 10.2 Å². The van der Waals surface area contributed by atoms with E-state index in [1.165, 1.54) is 12.1 Å². The predicted molar refractivity (Wildman–Crippen MR) is 85.4 cm³/mol. The largest absolute Gasteiger partial charge is 0.329 e. The van der Waals surface area contributed by atoms with E-state index in [4.69, 9.17) is 0 Å². The first-order valence-electron chi connectivity index (χ1n) is 7.30. The van der Waals surface area contributed by atoms with Gasteiger partial charge in [-0.25, -0.2) is 9.37 Å². The van der Waals surface area contributed by atoms with E-state index in [-0.39, 0.29) is 11.9 Å². The maximum absolute atomic E-state index is 13.3. The molecule has 1 aromatic heterocycles. The molecular weight excluding hydrogens is 265 g/mol. The summed E-state index contributed by atoms with van der Waals surface area (Å²) in [6, 6.07) is 10.8. The molecule has 112 valence electrons. The van der Waals surface area contributed by atoms with Crippen LogP contribution in [0.1, 0.15) is 31.9 Å². The van der Waals surface area contributed by atoms with Crippen molar-refractivity contribution >= 4 is 11.5 Å². The number of pyridine rings is 1. The number of aromatic nitrogens is 1. The van der Waals surface area contributed by atoms with Crippen LogP contribution < -0.4 is 10.2 Å². The third kappa shape index (κ3) is 4.02. The smallest absolute Gasteiger partial charge is 0.132 e. The number of hydrogen-bond donors (Lipinski definition) is 1. The van der Waals surface area contributed by atoms with E-state index < -0.39 is 0 Å². The molecule has 0 amide bonds. The zero-order valence-corrected chi connectivity index (χ0v) is 12.8. The fourth-order valence-corrected chi connectivity index (χ4v) is 2.15. The van der Waals surface area contributed by atoms with Gasteiger partial charge in [-0.3, -0.25) is 0 Å². The Morgan fingerprint density at radius 1 is 1.29 bits per heavy atom. The van der Waals surface area contributed by atoms with Crippen LogP contribution in [0.4, 0.5) is 15.9 Å². The Balaban J connectivity index is 2.11. The summed E-state index contributed by atoms with van der Waals surface area (Å²) >= 11 is 0. The van der Waals surface area contributed by atoms with Crippen LogP contribution in [0, 0.1) is 5.82 Å². The molecule has 0 saturated carbocycles. The monoisotopic (exact) mass is 287 g/mol. The van der Waals surface area contributed by atoms with Crippen molar-refractivity contribution in [3.63, 3.8) is 0 Å². The highest BCUT2D eigenvalue weighted by Gasteiger charge is 2.08. The molecule has 2 rings (SSSR count). The van der Waals surface area contributed by atoms with Crippen LogP contribution in [0.5, 0.6) is 0 Å². The molecule has 3 nitrogen and oxygen atoms in total. The second-order valence-electron chi connectivity index (χ2n) is 5.16. The topological polar surface area (TPSA) is 28.2 Å². The second kappa shape index (κ2) is 7.18. The highest BCUT2D eigenvalue weighted by molar-refractivity contribution is 5.58. The number of benzene rings is 1. The lowest BCUT2D eigenvalue weighted by Gasteiger charge is -2.19. The molecule has 0 aliphatic rings. The summed E-state index contributed by atoms with van der Waals surface area (Å²) in [6.45, 7) is 5.27. The summed E-state index contributed by atoms with van der Waals surface area (Å²) in [5.74, 6) is 0.556. The van der Waals surface area contributed by atoms with Crippen LogP contribution in [-0.4, -0.2) is 18.6 Å². The first-order chi connectivity index (χ1) is 10.1. The normalized spacial score (nSPS) is 12.2. The van der Waals surface area contributed by atoms with Crippen LogP contribution in [0.2, 0.25) is 0 Å². The summed E-state index contributed by atoms with van der Waals surface area (Å²) < 4.78 is 13.3. The molecule has 0 bridgehead atoms. The van der Waals surface area contributed by atoms with E-state index in [1.807, 2.05) is 30.3 Å². The van der Waals surface area contributed by atoms with E-state index in [0.29, 0.717) is 0 Å². The molecule has 0 spiro atoms. The Morgan fingerprint density at radius 3 is 2.71 bits per heavy atom. The summed E-state index contributed by atoms with van der Waals surface area (Å²) in [5, 5.41) is 3.43. The molecule has 0 saturated heterocycles. The lowest BCUT2D eigenvalue weighted by Crippen LogP contribution is -2.19. The van der Waals surface area contributed by atoms with Gasteiger partial charge in [0.25, 0.3) is 0 Å². The minimum atomic E-state index is -0.242. The van der Waals surface area contributed by atoms with Gasteiger partial charge >= 0.3 is 0 Å². The molecule has 0 fully saturated rings. The zero-order chi connectivity index (χ0) is 15.2. The molecule has 0 aliphatic carbocycles. The van der Waals surface area contributed by atoms with Crippen LogP contribution in [0.25, 0.3) is 0 Å². The number of hydrogen-bond acceptors (Lipinski definition) is 3. The van der Waals surface area contributed by atoms with Gasteiger partial charge in [0.05, 0.1) is 0 Å². The SMILES string of the molecule is CCCNC(C)c1ccc(N(C)c2cccc(F)c2)nc1. The van der Waals surface area contributed by atoms with Crippen molar-refractivity contribution in [3.8, 4) is 0 Å². The molecule has 0 aliphatic heterocycles.